The number of rotatable bonds is 37. The van der Waals surface area contributed by atoms with E-state index in [-0.39, 0.29) is 24.3 Å². The van der Waals surface area contributed by atoms with Crippen molar-refractivity contribution in [1.29, 1.82) is 0 Å². The van der Waals surface area contributed by atoms with E-state index in [0.717, 1.165) is 25.7 Å². The Balaban J connectivity index is 1.55. The van der Waals surface area contributed by atoms with Gasteiger partial charge in [-0.2, -0.15) is 0 Å². The van der Waals surface area contributed by atoms with Gasteiger partial charge in [-0.1, -0.05) is 168 Å². The molecule has 2 aromatic carbocycles. The van der Waals surface area contributed by atoms with Crippen molar-refractivity contribution in [3.8, 4) is 23.0 Å². The minimum atomic E-state index is -0.561. The van der Waals surface area contributed by atoms with Gasteiger partial charge in [0.15, 0.2) is 11.5 Å². The topological polar surface area (TPSA) is 105 Å². The molecule has 0 radical (unpaired) electrons. The maximum absolute atomic E-state index is 12.5. The van der Waals surface area contributed by atoms with Crippen molar-refractivity contribution in [2.75, 3.05) is 13.2 Å². The molecule has 0 spiro atoms. The lowest BCUT2D eigenvalue weighted by Gasteiger charge is -2.05. The van der Waals surface area contributed by atoms with Crippen molar-refractivity contribution < 1.29 is 28.5 Å². The lowest BCUT2D eigenvalue weighted by Crippen LogP contribution is -2.14. The van der Waals surface area contributed by atoms with E-state index in [0.29, 0.717) is 37.6 Å². The van der Waals surface area contributed by atoms with Crippen molar-refractivity contribution in [2.45, 2.75) is 206 Å². The van der Waals surface area contributed by atoms with Crippen LogP contribution in [-0.4, -0.2) is 25.2 Å². The summed E-state index contributed by atoms with van der Waals surface area (Å²) >= 11 is 0. The summed E-state index contributed by atoms with van der Waals surface area (Å²) in [5, 5.41) is 0. The van der Waals surface area contributed by atoms with Gasteiger partial charge in [-0.15, -0.1) is 0 Å². The minimum absolute atomic E-state index is 0.0286. The van der Waals surface area contributed by atoms with Gasteiger partial charge in [-0.25, -0.2) is 0 Å². The van der Waals surface area contributed by atoms with E-state index in [2.05, 4.69) is 13.8 Å². The van der Waals surface area contributed by atoms with E-state index in [1.807, 2.05) is 0 Å². The summed E-state index contributed by atoms with van der Waals surface area (Å²) < 4.78 is 22.4. The number of carbonyl (C=O) groups is 2. The molecule has 2 aromatic rings. The number of hydrogen-bond donors (Lipinski definition) is 0. The normalized spacial score (nSPS) is 11.0. The van der Waals surface area contributed by atoms with Crippen LogP contribution in [0.15, 0.2) is 58.1 Å². The first-order valence-electron chi connectivity index (χ1n) is 23.4. The Morgan fingerprint density at radius 2 is 0.638 bits per heavy atom. The zero-order valence-electron chi connectivity index (χ0n) is 36.5. The SMILES string of the molecule is CCCCCCCCCCCCCCCOc1ccc(OC(=O)CCCCC(=O)Oc2ccc(OCCCCCCCCCCCCCCC)ccc2=O)c(=O)cc1. The third-order valence-electron chi connectivity index (χ3n) is 10.6. The highest BCUT2D eigenvalue weighted by Crippen LogP contribution is 2.17. The summed E-state index contributed by atoms with van der Waals surface area (Å²) in [6.07, 6.45) is 34.2. The van der Waals surface area contributed by atoms with Crippen LogP contribution >= 0.6 is 0 Å². The Hall–Kier alpha value is -3.68. The average Bonchev–Trinajstić information content (AvgIpc) is 3.50. The van der Waals surface area contributed by atoms with Crippen molar-refractivity contribution in [3.63, 3.8) is 0 Å². The smallest absolute Gasteiger partial charge is 0.311 e. The quantitative estimate of drug-likeness (QED) is 0.0491. The zero-order valence-corrected chi connectivity index (χ0v) is 36.5. The van der Waals surface area contributed by atoms with Gasteiger partial charge in [0.2, 0.25) is 10.9 Å². The molecule has 8 heteroatoms. The highest BCUT2D eigenvalue weighted by atomic mass is 16.5. The van der Waals surface area contributed by atoms with E-state index in [4.69, 9.17) is 18.9 Å². The van der Waals surface area contributed by atoms with Crippen LogP contribution in [0.3, 0.4) is 0 Å². The molecule has 326 valence electrons. The molecule has 0 aromatic heterocycles. The summed E-state index contributed by atoms with van der Waals surface area (Å²) in [5.41, 5.74) is -0.823. The van der Waals surface area contributed by atoms with Crippen molar-refractivity contribution >= 4 is 11.9 Å². The van der Waals surface area contributed by atoms with E-state index in [1.54, 1.807) is 24.3 Å². The molecule has 0 aliphatic rings. The highest BCUT2D eigenvalue weighted by Gasteiger charge is 2.11. The van der Waals surface area contributed by atoms with Gasteiger partial charge < -0.3 is 18.9 Å². The number of esters is 2. The average molecular weight is 807 g/mol. The Morgan fingerprint density at radius 3 is 0.948 bits per heavy atom. The monoisotopic (exact) mass is 807 g/mol. The molecule has 58 heavy (non-hydrogen) atoms. The molecule has 0 N–H and O–H groups in total. The van der Waals surface area contributed by atoms with Crippen LogP contribution in [-0.2, 0) is 9.59 Å². The Labute approximate surface area is 351 Å². The first kappa shape index (κ1) is 50.5. The molecule has 0 amide bonds. The van der Waals surface area contributed by atoms with E-state index in [9.17, 15) is 19.2 Å². The fourth-order valence-electron chi connectivity index (χ4n) is 6.94. The van der Waals surface area contributed by atoms with E-state index < -0.39 is 22.8 Å². The molecular weight excluding hydrogens is 729 g/mol. The van der Waals surface area contributed by atoms with E-state index in [1.165, 1.54) is 166 Å². The summed E-state index contributed by atoms with van der Waals surface area (Å²) in [5.74, 6) is -0.137. The Bertz CT molecular complexity index is 1360. The molecule has 0 bridgehead atoms. The van der Waals surface area contributed by atoms with Gasteiger partial charge in [0.05, 0.1) is 13.2 Å². The standard InChI is InChI=1S/C50H78O8/c1-3-5-7-9-11-13-15-17-19-21-23-25-29-41-55-43-33-37-45(51)47(39-35-43)57-49(53)31-27-28-32-50(54)58-48-40-36-44(34-38-46(48)52)56-42-30-26-24-22-20-18-16-14-12-10-8-6-4-2/h33-40H,3-32,41-42H2,1-2H3. The van der Waals surface area contributed by atoms with E-state index >= 15 is 0 Å². The molecule has 2 rings (SSSR count). The van der Waals surface area contributed by atoms with Crippen LogP contribution < -0.4 is 29.8 Å². The van der Waals surface area contributed by atoms with Crippen LogP contribution in [0.2, 0.25) is 0 Å². The third kappa shape index (κ3) is 27.1. The lowest BCUT2D eigenvalue weighted by molar-refractivity contribution is -0.136. The van der Waals surface area contributed by atoms with Crippen molar-refractivity contribution in [2.24, 2.45) is 0 Å². The second-order valence-corrected chi connectivity index (χ2v) is 15.9. The Kier molecular flexibility index (Phi) is 30.7. The molecule has 0 heterocycles. The molecule has 0 saturated heterocycles. The van der Waals surface area contributed by atoms with Gasteiger partial charge in [0, 0.05) is 12.8 Å². The zero-order chi connectivity index (χ0) is 41.7. The van der Waals surface area contributed by atoms with Gasteiger partial charge in [0.25, 0.3) is 0 Å². The largest absolute Gasteiger partial charge is 0.494 e. The molecular formula is C50H78O8. The maximum atomic E-state index is 12.5. The molecule has 8 nitrogen and oxygen atoms in total. The number of hydrogen-bond acceptors (Lipinski definition) is 8. The molecule has 0 fully saturated rings. The van der Waals surface area contributed by atoms with Crippen LogP contribution in [0.25, 0.3) is 0 Å². The number of ether oxygens (including phenoxy) is 4. The number of unbranched alkanes of at least 4 members (excludes halogenated alkanes) is 25. The van der Waals surface area contributed by atoms with Crippen molar-refractivity contribution in [1.82, 2.24) is 0 Å². The minimum Gasteiger partial charge on any atom is -0.494 e. The highest BCUT2D eigenvalue weighted by molar-refractivity contribution is 5.73. The predicted octanol–water partition coefficient (Wildman–Crippen LogP) is 13.4. The molecule has 0 unspecified atom stereocenters. The molecule has 0 aliphatic heterocycles. The summed E-state index contributed by atoms with van der Waals surface area (Å²) in [6, 6.07) is 12.1. The van der Waals surface area contributed by atoms with Crippen LogP contribution in [0.1, 0.15) is 206 Å². The molecule has 0 atom stereocenters. The fraction of sp³-hybridized carbons (Fsp3) is 0.680. The fourth-order valence-corrected chi connectivity index (χ4v) is 6.94. The summed E-state index contributed by atoms with van der Waals surface area (Å²) in [7, 11) is 0. The van der Waals surface area contributed by atoms with Gasteiger partial charge in [-0.3, -0.25) is 19.2 Å². The maximum Gasteiger partial charge on any atom is 0.311 e. The van der Waals surface area contributed by atoms with Crippen LogP contribution in [0, 0.1) is 0 Å². The summed E-state index contributed by atoms with van der Waals surface area (Å²) in [4.78, 5) is 50.0. The first-order valence-corrected chi connectivity index (χ1v) is 23.4. The second kappa shape index (κ2) is 35.3. The summed E-state index contributed by atoms with van der Waals surface area (Å²) in [6.45, 7) is 5.66. The van der Waals surface area contributed by atoms with Gasteiger partial charge >= 0.3 is 11.9 Å². The second-order valence-electron chi connectivity index (χ2n) is 15.9. The first-order chi connectivity index (χ1) is 28.4. The van der Waals surface area contributed by atoms with Gasteiger partial charge in [-0.05, 0) is 74.2 Å². The Morgan fingerprint density at radius 1 is 0.362 bits per heavy atom. The lowest BCUT2D eigenvalue weighted by atomic mass is 10.0. The van der Waals surface area contributed by atoms with Crippen molar-refractivity contribution in [3.05, 3.63) is 69.0 Å². The molecule has 0 saturated carbocycles. The number of carbonyl (C=O) groups excluding carboxylic acids is 2. The van der Waals surface area contributed by atoms with Crippen LogP contribution in [0.4, 0.5) is 0 Å². The van der Waals surface area contributed by atoms with Gasteiger partial charge in [0.1, 0.15) is 11.5 Å². The predicted molar refractivity (Wildman–Crippen MR) is 238 cm³/mol. The van der Waals surface area contributed by atoms with Crippen LogP contribution in [0.5, 0.6) is 23.0 Å². The third-order valence-corrected chi connectivity index (χ3v) is 10.6. The molecule has 0 aliphatic carbocycles.